The lowest BCUT2D eigenvalue weighted by atomic mass is 9.86. The zero-order valence-corrected chi connectivity index (χ0v) is 16.1. The number of benzene rings is 2. The average Bonchev–Trinajstić information content (AvgIpc) is 3.06. The Morgan fingerprint density at radius 3 is 2.46 bits per heavy atom. The van der Waals surface area contributed by atoms with Crippen molar-refractivity contribution in [2.45, 2.75) is 46.5 Å². The van der Waals surface area contributed by atoms with Crippen LogP contribution >= 0.6 is 0 Å². The normalized spacial score (nSPS) is 16.3. The first-order valence-corrected chi connectivity index (χ1v) is 9.62. The molecule has 0 saturated heterocycles. The molecule has 1 unspecified atom stereocenters. The molecule has 0 spiro atoms. The molecule has 26 heavy (non-hydrogen) atoms. The van der Waals surface area contributed by atoms with Gasteiger partial charge in [-0.15, -0.1) is 0 Å². The number of aryl methyl sites for hydroxylation is 2. The number of carbonyl (C=O) groups excluding carboxylic acids is 1. The standard InChI is InChI=1S/C25H28O/c1-4-24-21(13-15-25(24)20-8-6-5-7-9-20)12-14-23(26)17-22-11-10-18(2)16-19(22)3/h5-11,13,15-16,24H,4,12,14,17H2,1-3H3. The number of ketones is 1. The maximum Gasteiger partial charge on any atom is 0.137 e. The van der Waals surface area contributed by atoms with Gasteiger partial charge in [0.2, 0.25) is 0 Å². The van der Waals surface area contributed by atoms with E-state index in [9.17, 15) is 4.79 Å². The summed E-state index contributed by atoms with van der Waals surface area (Å²) in [6.45, 7) is 6.42. The van der Waals surface area contributed by atoms with Crippen LogP contribution in [0.1, 0.15) is 48.4 Å². The lowest BCUT2D eigenvalue weighted by Gasteiger charge is -2.18. The maximum atomic E-state index is 12.5. The van der Waals surface area contributed by atoms with Crippen molar-refractivity contribution >= 4 is 11.4 Å². The number of rotatable bonds is 7. The van der Waals surface area contributed by atoms with Gasteiger partial charge in [-0.2, -0.15) is 0 Å². The molecular weight excluding hydrogens is 316 g/mol. The van der Waals surface area contributed by atoms with Crippen molar-refractivity contribution in [2.75, 3.05) is 0 Å². The van der Waals surface area contributed by atoms with Crippen LogP contribution in [0.3, 0.4) is 0 Å². The van der Waals surface area contributed by atoms with Crippen molar-refractivity contribution in [1.29, 1.82) is 0 Å². The Labute approximate surface area is 157 Å². The SMILES string of the molecule is CCC1C(CCC(=O)Cc2ccc(C)cc2C)=CC=C1c1ccccc1. The summed E-state index contributed by atoms with van der Waals surface area (Å²) in [6.07, 6.45) is 7.61. The summed E-state index contributed by atoms with van der Waals surface area (Å²) >= 11 is 0. The Morgan fingerprint density at radius 1 is 1.00 bits per heavy atom. The summed E-state index contributed by atoms with van der Waals surface area (Å²) in [5.74, 6) is 0.784. The van der Waals surface area contributed by atoms with Crippen LogP contribution in [0.4, 0.5) is 0 Å². The van der Waals surface area contributed by atoms with E-state index >= 15 is 0 Å². The number of allylic oxidation sites excluding steroid dienone is 4. The van der Waals surface area contributed by atoms with E-state index in [1.54, 1.807) is 0 Å². The highest BCUT2D eigenvalue weighted by Gasteiger charge is 2.22. The summed E-state index contributed by atoms with van der Waals surface area (Å²) in [5, 5.41) is 0. The van der Waals surface area contributed by atoms with Gasteiger partial charge in [0.25, 0.3) is 0 Å². The molecule has 3 rings (SSSR count). The molecule has 0 aliphatic heterocycles. The monoisotopic (exact) mass is 344 g/mol. The summed E-state index contributed by atoms with van der Waals surface area (Å²) in [5.41, 5.74) is 7.73. The van der Waals surface area contributed by atoms with Gasteiger partial charge < -0.3 is 0 Å². The van der Waals surface area contributed by atoms with Crippen LogP contribution in [0, 0.1) is 19.8 Å². The highest BCUT2D eigenvalue weighted by Crippen LogP contribution is 2.38. The third-order valence-electron chi connectivity index (χ3n) is 5.39. The molecule has 0 amide bonds. The van der Waals surface area contributed by atoms with Crippen molar-refractivity contribution in [3.63, 3.8) is 0 Å². The number of hydrogen-bond donors (Lipinski definition) is 0. The van der Waals surface area contributed by atoms with Gasteiger partial charge in [0, 0.05) is 18.8 Å². The lowest BCUT2D eigenvalue weighted by Crippen LogP contribution is -2.08. The molecule has 0 heterocycles. The second kappa shape index (κ2) is 8.31. The van der Waals surface area contributed by atoms with Gasteiger partial charge in [0.15, 0.2) is 0 Å². The summed E-state index contributed by atoms with van der Waals surface area (Å²) in [6, 6.07) is 16.9. The van der Waals surface area contributed by atoms with Gasteiger partial charge in [-0.3, -0.25) is 4.79 Å². The fourth-order valence-electron chi connectivity index (χ4n) is 3.93. The van der Waals surface area contributed by atoms with Crippen molar-refractivity contribution in [2.24, 2.45) is 5.92 Å². The van der Waals surface area contributed by atoms with Crippen molar-refractivity contribution < 1.29 is 4.79 Å². The first-order chi connectivity index (χ1) is 12.6. The molecule has 134 valence electrons. The first kappa shape index (κ1) is 18.4. The second-order valence-electron chi connectivity index (χ2n) is 7.34. The van der Waals surface area contributed by atoms with Gasteiger partial charge in [-0.05, 0) is 49.0 Å². The highest BCUT2D eigenvalue weighted by atomic mass is 16.1. The van der Waals surface area contributed by atoms with Crippen LogP contribution in [0.15, 0.2) is 66.3 Å². The molecule has 0 fully saturated rings. The Bertz CT molecular complexity index is 840. The minimum Gasteiger partial charge on any atom is -0.299 e. The molecule has 0 saturated carbocycles. The highest BCUT2D eigenvalue weighted by molar-refractivity contribution is 5.82. The van der Waals surface area contributed by atoms with E-state index in [-0.39, 0.29) is 0 Å². The molecule has 1 aliphatic rings. The van der Waals surface area contributed by atoms with Crippen molar-refractivity contribution in [3.8, 4) is 0 Å². The Morgan fingerprint density at radius 2 is 1.77 bits per heavy atom. The van der Waals surface area contributed by atoms with Crippen LogP contribution in [0.2, 0.25) is 0 Å². The quantitative estimate of drug-likeness (QED) is 0.580. The van der Waals surface area contributed by atoms with Gasteiger partial charge in [0.1, 0.15) is 5.78 Å². The predicted molar refractivity (Wildman–Crippen MR) is 110 cm³/mol. The summed E-state index contributed by atoms with van der Waals surface area (Å²) in [7, 11) is 0. The summed E-state index contributed by atoms with van der Waals surface area (Å²) < 4.78 is 0. The fourth-order valence-corrected chi connectivity index (χ4v) is 3.93. The van der Waals surface area contributed by atoms with Crippen LogP contribution in [-0.4, -0.2) is 5.78 Å². The van der Waals surface area contributed by atoms with Gasteiger partial charge in [-0.1, -0.05) is 78.7 Å². The van der Waals surface area contributed by atoms with Gasteiger partial charge in [0.05, 0.1) is 0 Å². The van der Waals surface area contributed by atoms with Crippen molar-refractivity contribution in [3.05, 3.63) is 88.5 Å². The molecule has 0 radical (unpaired) electrons. The summed E-state index contributed by atoms with van der Waals surface area (Å²) in [4.78, 5) is 12.5. The van der Waals surface area contributed by atoms with E-state index in [0.717, 1.165) is 18.4 Å². The molecule has 0 bridgehead atoms. The molecule has 1 heteroatoms. The minimum absolute atomic E-state index is 0.334. The Hall–Kier alpha value is -2.41. The lowest BCUT2D eigenvalue weighted by molar-refractivity contribution is -0.118. The van der Waals surface area contributed by atoms with E-state index in [1.165, 1.54) is 27.8 Å². The molecule has 1 atom stereocenters. The number of carbonyl (C=O) groups is 1. The number of hydrogen-bond acceptors (Lipinski definition) is 1. The fraction of sp³-hybridized carbons (Fsp3) is 0.320. The zero-order chi connectivity index (χ0) is 18.5. The number of Topliss-reactive ketones (excluding diaryl/α,β-unsaturated/α-hetero) is 1. The average molecular weight is 344 g/mol. The molecule has 0 aromatic heterocycles. The molecule has 1 aliphatic carbocycles. The smallest absolute Gasteiger partial charge is 0.137 e. The molecule has 2 aromatic carbocycles. The molecule has 1 nitrogen and oxygen atoms in total. The third-order valence-corrected chi connectivity index (χ3v) is 5.39. The van der Waals surface area contributed by atoms with Crippen LogP contribution in [0.25, 0.3) is 5.57 Å². The van der Waals surface area contributed by atoms with E-state index in [2.05, 4.69) is 81.5 Å². The van der Waals surface area contributed by atoms with Crippen LogP contribution in [-0.2, 0) is 11.2 Å². The first-order valence-electron chi connectivity index (χ1n) is 9.62. The van der Waals surface area contributed by atoms with E-state index in [1.807, 2.05) is 0 Å². The van der Waals surface area contributed by atoms with E-state index in [4.69, 9.17) is 0 Å². The topological polar surface area (TPSA) is 17.1 Å². The molecular formula is C25H28O. The Balaban J connectivity index is 1.59. The predicted octanol–water partition coefficient (Wildman–Crippen LogP) is 6.25. The maximum absolute atomic E-state index is 12.5. The third kappa shape index (κ3) is 4.22. The minimum atomic E-state index is 0.334. The van der Waals surface area contributed by atoms with E-state index < -0.39 is 0 Å². The second-order valence-corrected chi connectivity index (χ2v) is 7.34. The van der Waals surface area contributed by atoms with Gasteiger partial charge in [-0.25, -0.2) is 0 Å². The van der Waals surface area contributed by atoms with Crippen LogP contribution in [0.5, 0.6) is 0 Å². The Kier molecular flexibility index (Phi) is 5.88. The molecule has 0 N–H and O–H groups in total. The molecule has 2 aromatic rings. The van der Waals surface area contributed by atoms with Crippen molar-refractivity contribution in [1.82, 2.24) is 0 Å². The zero-order valence-electron chi connectivity index (χ0n) is 16.1. The van der Waals surface area contributed by atoms with E-state index in [0.29, 0.717) is 24.5 Å². The van der Waals surface area contributed by atoms with Crippen LogP contribution < -0.4 is 0 Å². The largest absolute Gasteiger partial charge is 0.299 e. The van der Waals surface area contributed by atoms with Gasteiger partial charge >= 0.3 is 0 Å².